The molecule has 1 fully saturated rings. The van der Waals surface area contributed by atoms with Crippen LogP contribution in [0.25, 0.3) is 0 Å². The number of likely N-dealkylation sites (tertiary alicyclic amines) is 1. The number of benzene rings is 1. The number of guanidine groups is 1. The normalized spacial score (nSPS) is 15.2. The molecule has 1 aromatic carbocycles. The summed E-state index contributed by atoms with van der Waals surface area (Å²) < 4.78 is 0. The molecule has 0 unspecified atom stereocenters. The average molecular weight is 280 g/mol. The number of aromatic nitrogens is 1. The predicted octanol–water partition coefficient (Wildman–Crippen LogP) is 3.15. The van der Waals surface area contributed by atoms with Gasteiger partial charge in [-0.1, -0.05) is 24.3 Å². The van der Waals surface area contributed by atoms with E-state index in [9.17, 15) is 0 Å². The number of rotatable bonds is 3. The van der Waals surface area contributed by atoms with Crippen LogP contribution in [-0.4, -0.2) is 28.9 Å². The number of anilines is 1. The van der Waals surface area contributed by atoms with E-state index in [1.807, 2.05) is 42.6 Å². The maximum absolute atomic E-state index is 4.74. The Bertz CT molecular complexity index is 574. The molecule has 1 N–H and O–H groups in total. The number of hydrogen-bond donors (Lipinski definition) is 1. The van der Waals surface area contributed by atoms with Gasteiger partial charge in [-0.05, 0) is 37.1 Å². The zero-order valence-electron chi connectivity index (χ0n) is 12.1. The molecule has 1 aromatic heterocycles. The van der Waals surface area contributed by atoms with Crippen LogP contribution in [0.2, 0.25) is 0 Å². The monoisotopic (exact) mass is 280 g/mol. The fourth-order valence-electron chi connectivity index (χ4n) is 2.45. The molecule has 21 heavy (non-hydrogen) atoms. The molecule has 1 saturated heterocycles. The lowest BCUT2D eigenvalue weighted by atomic mass is 10.3. The highest BCUT2D eigenvalue weighted by Gasteiger charge is 2.16. The van der Waals surface area contributed by atoms with E-state index in [1.165, 1.54) is 12.8 Å². The van der Waals surface area contributed by atoms with Gasteiger partial charge in [-0.2, -0.15) is 0 Å². The zero-order chi connectivity index (χ0) is 14.3. The van der Waals surface area contributed by atoms with Crippen LogP contribution in [0.3, 0.4) is 0 Å². The van der Waals surface area contributed by atoms with Crippen LogP contribution in [0.1, 0.15) is 18.5 Å². The van der Waals surface area contributed by atoms with Gasteiger partial charge in [0.1, 0.15) is 0 Å². The third-order valence-corrected chi connectivity index (χ3v) is 3.55. The molecular weight excluding hydrogens is 260 g/mol. The smallest absolute Gasteiger partial charge is 0.198 e. The van der Waals surface area contributed by atoms with Crippen molar-refractivity contribution in [3.63, 3.8) is 0 Å². The van der Waals surface area contributed by atoms with Crippen LogP contribution in [0.5, 0.6) is 0 Å². The summed E-state index contributed by atoms with van der Waals surface area (Å²) in [5.74, 6) is 0.948. The molecule has 2 aromatic rings. The van der Waals surface area contributed by atoms with Crippen molar-refractivity contribution >= 4 is 11.6 Å². The minimum atomic E-state index is 0.604. The molecular formula is C17H20N4. The van der Waals surface area contributed by atoms with Crippen LogP contribution in [-0.2, 0) is 6.54 Å². The Labute approximate surface area is 125 Å². The molecule has 0 bridgehead atoms. The molecule has 3 rings (SSSR count). The number of hydrogen-bond acceptors (Lipinski definition) is 2. The van der Waals surface area contributed by atoms with Crippen LogP contribution < -0.4 is 5.32 Å². The first-order chi connectivity index (χ1) is 10.4. The topological polar surface area (TPSA) is 40.5 Å². The molecule has 1 aliphatic heterocycles. The van der Waals surface area contributed by atoms with Gasteiger partial charge < -0.3 is 10.2 Å². The summed E-state index contributed by atoms with van der Waals surface area (Å²) in [5, 5.41) is 3.44. The first-order valence-corrected chi connectivity index (χ1v) is 7.43. The Kier molecular flexibility index (Phi) is 4.46. The number of pyridine rings is 1. The second-order valence-electron chi connectivity index (χ2n) is 5.15. The molecule has 2 heterocycles. The summed E-state index contributed by atoms with van der Waals surface area (Å²) in [6.45, 7) is 2.74. The Morgan fingerprint density at radius 3 is 2.52 bits per heavy atom. The highest BCUT2D eigenvalue weighted by Crippen LogP contribution is 2.12. The summed E-state index contributed by atoms with van der Waals surface area (Å²) in [4.78, 5) is 11.4. The van der Waals surface area contributed by atoms with Gasteiger partial charge >= 0.3 is 0 Å². The summed E-state index contributed by atoms with van der Waals surface area (Å²) in [6, 6.07) is 16.1. The van der Waals surface area contributed by atoms with Gasteiger partial charge in [0.2, 0.25) is 0 Å². The van der Waals surface area contributed by atoms with Gasteiger partial charge in [-0.3, -0.25) is 4.98 Å². The fourth-order valence-corrected chi connectivity index (χ4v) is 2.45. The Morgan fingerprint density at radius 1 is 1.05 bits per heavy atom. The second-order valence-corrected chi connectivity index (χ2v) is 5.15. The molecule has 0 radical (unpaired) electrons. The molecule has 0 saturated carbocycles. The second kappa shape index (κ2) is 6.88. The first kappa shape index (κ1) is 13.6. The number of para-hydroxylation sites is 1. The van der Waals surface area contributed by atoms with E-state index in [1.54, 1.807) is 0 Å². The van der Waals surface area contributed by atoms with Crippen LogP contribution in [0.4, 0.5) is 5.69 Å². The maximum atomic E-state index is 4.74. The lowest BCUT2D eigenvalue weighted by molar-refractivity contribution is 0.515. The molecule has 4 nitrogen and oxygen atoms in total. The summed E-state index contributed by atoms with van der Waals surface area (Å²) in [6.07, 6.45) is 4.28. The summed E-state index contributed by atoms with van der Waals surface area (Å²) in [7, 11) is 0. The van der Waals surface area contributed by atoms with E-state index < -0.39 is 0 Å². The lowest BCUT2D eigenvalue weighted by Crippen LogP contribution is -2.34. The maximum Gasteiger partial charge on any atom is 0.198 e. The first-order valence-electron chi connectivity index (χ1n) is 7.43. The van der Waals surface area contributed by atoms with Crippen molar-refractivity contribution in [2.75, 3.05) is 18.4 Å². The van der Waals surface area contributed by atoms with Crippen LogP contribution in [0.15, 0.2) is 59.7 Å². The van der Waals surface area contributed by atoms with Crippen molar-refractivity contribution in [1.82, 2.24) is 9.88 Å². The third kappa shape index (κ3) is 3.81. The minimum Gasteiger partial charge on any atom is -0.343 e. The Balaban J connectivity index is 1.75. The fraction of sp³-hybridized carbons (Fsp3) is 0.294. The minimum absolute atomic E-state index is 0.604. The van der Waals surface area contributed by atoms with Crippen molar-refractivity contribution in [3.8, 4) is 0 Å². The van der Waals surface area contributed by atoms with E-state index in [4.69, 9.17) is 4.99 Å². The summed E-state index contributed by atoms with van der Waals surface area (Å²) >= 11 is 0. The molecule has 1 aliphatic rings. The Hall–Kier alpha value is -2.36. The van der Waals surface area contributed by atoms with Crippen molar-refractivity contribution in [2.45, 2.75) is 19.4 Å². The van der Waals surface area contributed by atoms with E-state index in [2.05, 4.69) is 27.3 Å². The van der Waals surface area contributed by atoms with Gasteiger partial charge in [0.05, 0.1) is 12.2 Å². The third-order valence-electron chi connectivity index (χ3n) is 3.55. The molecule has 0 aliphatic carbocycles. The van der Waals surface area contributed by atoms with E-state index in [-0.39, 0.29) is 0 Å². The van der Waals surface area contributed by atoms with Crippen molar-refractivity contribution in [3.05, 3.63) is 60.4 Å². The van der Waals surface area contributed by atoms with Gasteiger partial charge in [0.25, 0.3) is 0 Å². The lowest BCUT2D eigenvalue weighted by Gasteiger charge is -2.21. The highest BCUT2D eigenvalue weighted by atomic mass is 15.3. The quantitative estimate of drug-likeness (QED) is 0.693. The Morgan fingerprint density at radius 2 is 1.81 bits per heavy atom. The van der Waals surface area contributed by atoms with E-state index in [0.717, 1.165) is 30.4 Å². The SMILES string of the molecule is c1ccc(NC(=NCc2ccccn2)N2CCCC2)cc1. The largest absolute Gasteiger partial charge is 0.343 e. The number of nitrogens with zero attached hydrogens (tertiary/aromatic N) is 3. The molecule has 0 atom stereocenters. The highest BCUT2D eigenvalue weighted by molar-refractivity contribution is 5.93. The average Bonchev–Trinajstić information content (AvgIpc) is 3.08. The van der Waals surface area contributed by atoms with Crippen molar-refractivity contribution in [2.24, 2.45) is 4.99 Å². The standard InChI is InChI=1S/C17H20N4/c1-2-8-15(9-3-1)20-17(21-12-6-7-13-21)19-14-16-10-4-5-11-18-16/h1-5,8-11H,6-7,12-14H2,(H,19,20). The number of aliphatic imine (C=N–C) groups is 1. The van der Waals surface area contributed by atoms with Gasteiger partial charge in [-0.15, -0.1) is 0 Å². The zero-order valence-corrected chi connectivity index (χ0v) is 12.1. The predicted molar refractivity (Wildman–Crippen MR) is 86.2 cm³/mol. The van der Waals surface area contributed by atoms with Crippen LogP contribution in [0, 0.1) is 0 Å². The summed E-state index contributed by atoms with van der Waals surface area (Å²) in [5.41, 5.74) is 2.06. The molecule has 4 heteroatoms. The number of nitrogens with one attached hydrogen (secondary N) is 1. The van der Waals surface area contributed by atoms with Gasteiger partial charge in [-0.25, -0.2) is 4.99 Å². The van der Waals surface area contributed by atoms with Crippen molar-refractivity contribution in [1.29, 1.82) is 0 Å². The van der Waals surface area contributed by atoms with E-state index in [0.29, 0.717) is 6.54 Å². The van der Waals surface area contributed by atoms with Gasteiger partial charge in [0.15, 0.2) is 5.96 Å². The van der Waals surface area contributed by atoms with Crippen LogP contribution >= 0.6 is 0 Å². The molecule has 108 valence electrons. The molecule has 0 amide bonds. The van der Waals surface area contributed by atoms with Crippen molar-refractivity contribution < 1.29 is 0 Å². The molecule has 0 spiro atoms. The van der Waals surface area contributed by atoms with E-state index >= 15 is 0 Å². The van der Waals surface area contributed by atoms with Gasteiger partial charge in [0, 0.05) is 25.0 Å².